The van der Waals surface area contributed by atoms with E-state index in [1.807, 2.05) is 0 Å². The second-order valence-corrected chi connectivity index (χ2v) is 9.82. The third kappa shape index (κ3) is 6.02. The second kappa shape index (κ2) is 12.7. The molecule has 0 amide bonds. The van der Waals surface area contributed by atoms with Crippen LogP contribution < -0.4 is 24.4 Å². The Morgan fingerprint density at radius 1 is 1.14 bits per heavy atom. The van der Waals surface area contributed by atoms with Crippen molar-refractivity contribution in [3.05, 3.63) is 88.6 Å². The molecule has 4 rings (SSSR count). The number of allylic oxidation sites excluding steroid dienone is 1. The van der Waals surface area contributed by atoms with E-state index in [1.54, 1.807) is 39.0 Å². The van der Waals surface area contributed by atoms with Gasteiger partial charge in [-0.05, 0) is 50.6 Å². The predicted octanol–water partition coefficient (Wildman–Crippen LogP) is 2.36. The molecule has 220 valence electrons. The van der Waals surface area contributed by atoms with Gasteiger partial charge in [0.05, 0.1) is 47.1 Å². The van der Waals surface area contributed by atoms with Gasteiger partial charge in [-0.25, -0.2) is 14.6 Å². The molecule has 2 heterocycles. The van der Waals surface area contributed by atoms with E-state index >= 15 is 0 Å². The summed E-state index contributed by atoms with van der Waals surface area (Å²) in [5, 5.41) is 21.6. The minimum Gasteiger partial charge on any atom is -0.507 e. The molecule has 1 aromatic heterocycles. The molecular weight excluding hydrogens is 570 g/mol. The van der Waals surface area contributed by atoms with E-state index in [9.17, 15) is 29.6 Å². The minimum atomic E-state index is -0.991. The van der Waals surface area contributed by atoms with Crippen LogP contribution in [-0.4, -0.2) is 53.5 Å². The molecule has 0 fully saturated rings. The molecule has 42 heavy (non-hydrogen) atoms. The standard InChI is InChI=1S/C28H27N3O10S/c1-5-39-21-12-16(7-10-20(21)41-14-23(33)38-4)25-24(27(35)40-6-2)15(3)29-28-30(25)26(34)22(42-28)13-17-11-18(31(36)37)8-9-19(17)32/h7-13,25,32H,5-6,14H2,1-4H3/b22-13+/t25-/m1/s1. The van der Waals surface area contributed by atoms with E-state index in [0.29, 0.717) is 11.3 Å². The fourth-order valence-corrected chi connectivity index (χ4v) is 5.33. The van der Waals surface area contributed by atoms with E-state index in [4.69, 9.17) is 14.2 Å². The predicted molar refractivity (Wildman–Crippen MR) is 150 cm³/mol. The molecule has 1 aliphatic rings. The summed E-state index contributed by atoms with van der Waals surface area (Å²) < 4.78 is 22.7. The van der Waals surface area contributed by atoms with E-state index in [1.165, 1.54) is 23.8 Å². The van der Waals surface area contributed by atoms with Crippen LogP contribution in [0.2, 0.25) is 0 Å². The molecule has 1 aliphatic heterocycles. The molecule has 0 saturated carbocycles. The lowest BCUT2D eigenvalue weighted by Crippen LogP contribution is -2.40. The molecule has 0 saturated heterocycles. The van der Waals surface area contributed by atoms with Crippen LogP contribution in [0.3, 0.4) is 0 Å². The highest BCUT2D eigenvalue weighted by Gasteiger charge is 2.34. The van der Waals surface area contributed by atoms with Gasteiger partial charge in [0.25, 0.3) is 11.2 Å². The number of carbonyl (C=O) groups is 2. The Morgan fingerprint density at radius 2 is 1.90 bits per heavy atom. The van der Waals surface area contributed by atoms with Gasteiger partial charge in [0, 0.05) is 17.7 Å². The molecule has 2 aromatic carbocycles. The summed E-state index contributed by atoms with van der Waals surface area (Å²) in [7, 11) is 1.24. The summed E-state index contributed by atoms with van der Waals surface area (Å²) in [6.45, 7) is 5.03. The van der Waals surface area contributed by atoms with Crippen molar-refractivity contribution in [1.82, 2.24) is 4.57 Å². The Bertz CT molecular complexity index is 1770. The number of aromatic nitrogens is 1. The van der Waals surface area contributed by atoms with Crippen molar-refractivity contribution in [3.63, 3.8) is 0 Å². The summed E-state index contributed by atoms with van der Waals surface area (Å²) in [5.74, 6) is -1.00. The maximum atomic E-state index is 13.8. The van der Waals surface area contributed by atoms with Gasteiger partial charge in [-0.2, -0.15) is 0 Å². The number of methoxy groups -OCH3 is 1. The molecular formula is C28H27N3O10S. The highest BCUT2D eigenvalue weighted by molar-refractivity contribution is 7.07. The van der Waals surface area contributed by atoms with Gasteiger partial charge in [-0.1, -0.05) is 17.4 Å². The van der Waals surface area contributed by atoms with Crippen LogP contribution in [0.4, 0.5) is 5.69 Å². The zero-order valence-corrected chi connectivity index (χ0v) is 23.9. The van der Waals surface area contributed by atoms with Crippen LogP contribution in [0.25, 0.3) is 6.08 Å². The number of rotatable bonds is 10. The zero-order valence-electron chi connectivity index (χ0n) is 23.1. The molecule has 1 N–H and O–H groups in total. The van der Waals surface area contributed by atoms with E-state index < -0.39 is 28.5 Å². The number of nitro benzene ring substituents is 1. The summed E-state index contributed by atoms with van der Waals surface area (Å²) in [6.07, 6.45) is 1.34. The topological polar surface area (TPSA) is 169 Å². The second-order valence-electron chi connectivity index (χ2n) is 8.81. The van der Waals surface area contributed by atoms with Crippen LogP contribution in [0.5, 0.6) is 17.2 Å². The smallest absolute Gasteiger partial charge is 0.343 e. The lowest BCUT2D eigenvalue weighted by molar-refractivity contribution is -0.384. The first-order valence-electron chi connectivity index (χ1n) is 12.7. The lowest BCUT2D eigenvalue weighted by Gasteiger charge is -2.25. The van der Waals surface area contributed by atoms with Gasteiger partial charge in [-0.15, -0.1) is 0 Å². The van der Waals surface area contributed by atoms with Crippen molar-refractivity contribution in [2.45, 2.75) is 26.8 Å². The third-order valence-electron chi connectivity index (χ3n) is 6.18. The summed E-state index contributed by atoms with van der Waals surface area (Å²) in [4.78, 5) is 54.0. The average Bonchev–Trinajstić information content (AvgIpc) is 3.26. The first-order valence-corrected chi connectivity index (χ1v) is 13.5. The summed E-state index contributed by atoms with van der Waals surface area (Å²) in [5.41, 5.74) is 0.175. The van der Waals surface area contributed by atoms with Gasteiger partial charge in [0.1, 0.15) is 5.75 Å². The number of nitro groups is 1. The maximum Gasteiger partial charge on any atom is 0.343 e. The van der Waals surface area contributed by atoms with E-state index in [2.05, 4.69) is 9.73 Å². The van der Waals surface area contributed by atoms with Crippen molar-refractivity contribution < 1.29 is 38.6 Å². The number of benzene rings is 2. The number of phenols is 1. The molecule has 14 heteroatoms. The molecule has 0 radical (unpaired) electrons. The Morgan fingerprint density at radius 3 is 2.57 bits per heavy atom. The van der Waals surface area contributed by atoms with Crippen LogP contribution in [0.15, 0.2) is 57.5 Å². The number of esters is 2. The van der Waals surface area contributed by atoms with E-state index in [-0.39, 0.29) is 63.2 Å². The molecule has 13 nitrogen and oxygen atoms in total. The monoisotopic (exact) mass is 597 g/mol. The normalized spacial score (nSPS) is 14.6. The number of ether oxygens (including phenoxy) is 4. The van der Waals surface area contributed by atoms with Crippen LogP contribution in [0.1, 0.15) is 37.9 Å². The maximum absolute atomic E-state index is 13.8. The highest BCUT2D eigenvalue weighted by atomic mass is 32.1. The van der Waals surface area contributed by atoms with Crippen LogP contribution in [-0.2, 0) is 19.1 Å². The molecule has 3 aromatic rings. The lowest BCUT2D eigenvalue weighted by atomic mass is 9.95. The van der Waals surface area contributed by atoms with Gasteiger partial charge >= 0.3 is 11.9 Å². The number of fused-ring (bicyclic) bond motifs is 1. The molecule has 0 spiro atoms. The van der Waals surface area contributed by atoms with Crippen molar-refractivity contribution in [2.75, 3.05) is 26.9 Å². The first-order chi connectivity index (χ1) is 20.1. The van der Waals surface area contributed by atoms with E-state index in [0.717, 1.165) is 23.5 Å². The highest BCUT2D eigenvalue weighted by Crippen LogP contribution is 2.36. The number of hydrogen-bond acceptors (Lipinski definition) is 12. The van der Waals surface area contributed by atoms with Gasteiger partial charge in [0.15, 0.2) is 22.9 Å². The van der Waals surface area contributed by atoms with Gasteiger partial charge in [-0.3, -0.25) is 19.5 Å². The number of non-ortho nitro benzene ring substituents is 1. The van der Waals surface area contributed by atoms with Gasteiger partial charge in [0.2, 0.25) is 0 Å². The molecule has 0 aliphatic carbocycles. The molecule has 0 unspecified atom stereocenters. The number of thiazole rings is 1. The minimum absolute atomic E-state index is 0.0677. The number of hydrogen-bond donors (Lipinski definition) is 1. The average molecular weight is 598 g/mol. The Labute approximate surface area is 242 Å². The van der Waals surface area contributed by atoms with Crippen molar-refractivity contribution in [3.8, 4) is 17.2 Å². The van der Waals surface area contributed by atoms with Crippen LogP contribution in [0, 0.1) is 10.1 Å². The summed E-state index contributed by atoms with van der Waals surface area (Å²) >= 11 is 0.994. The Kier molecular flexibility index (Phi) is 9.06. The number of nitrogens with zero attached hydrogens (tertiary/aromatic N) is 3. The van der Waals surface area contributed by atoms with Crippen molar-refractivity contribution in [2.24, 2.45) is 4.99 Å². The zero-order chi connectivity index (χ0) is 30.6. The quantitative estimate of drug-likeness (QED) is 0.208. The Hall–Kier alpha value is -4.98. The Balaban J connectivity index is 1.92. The number of carbonyl (C=O) groups excluding carboxylic acids is 2. The third-order valence-corrected chi connectivity index (χ3v) is 7.17. The molecule has 0 bridgehead atoms. The SMILES string of the molecule is CCOC(=O)C1=C(C)N=c2s/c(=C/c3cc([N+](=O)[O-])ccc3O)c(=O)n2[C@@H]1c1ccc(OCC(=O)OC)c(OCC)c1. The first kappa shape index (κ1) is 30.0. The van der Waals surface area contributed by atoms with Crippen molar-refractivity contribution >= 4 is 35.0 Å². The number of phenolic OH excluding ortho intramolecular Hbond substituents is 1. The fourth-order valence-electron chi connectivity index (χ4n) is 4.30. The summed E-state index contributed by atoms with van der Waals surface area (Å²) in [6, 6.07) is 7.27. The van der Waals surface area contributed by atoms with Gasteiger partial charge < -0.3 is 24.1 Å². The largest absolute Gasteiger partial charge is 0.507 e. The van der Waals surface area contributed by atoms with Crippen LogP contribution >= 0.6 is 11.3 Å². The van der Waals surface area contributed by atoms with Crippen molar-refractivity contribution in [1.29, 1.82) is 0 Å². The fraction of sp³-hybridized carbons (Fsp3) is 0.286. The molecule has 1 atom stereocenters. The number of aromatic hydroxyl groups is 1.